The molecule has 0 heterocycles. The predicted molar refractivity (Wildman–Crippen MR) is 97.2 cm³/mol. The van der Waals surface area contributed by atoms with Crippen LogP contribution >= 0.6 is 0 Å². The van der Waals surface area contributed by atoms with Gasteiger partial charge >= 0.3 is 0 Å². The van der Waals surface area contributed by atoms with Crippen molar-refractivity contribution >= 4 is 11.9 Å². The minimum absolute atomic E-state index is 0.737. The summed E-state index contributed by atoms with van der Waals surface area (Å²) in [5.41, 5.74) is 4.82. The fourth-order valence-electron chi connectivity index (χ4n) is 2.14. The van der Waals surface area contributed by atoms with Crippen LogP contribution in [0.4, 0.5) is 5.69 Å². The standard InChI is InChI=1S/C20H18N2O2/c1-23-18-11-13-19(14-12-18)24-20-10-6-5-7-16(20)15-21-22-17-8-3-2-4-9-17/h2-15,22H,1H3. The Morgan fingerprint density at radius 2 is 1.46 bits per heavy atom. The Labute approximate surface area is 141 Å². The summed E-state index contributed by atoms with van der Waals surface area (Å²) < 4.78 is 11.1. The number of methoxy groups -OCH3 is 1. The van der Waals surface area contributed by atoms with Crippen molar-refractivity contribution in [1.29, 1.82) is 0 Å². The first-order valence-corrected chi connectivity index (χ1v) is 7.60. The molecule has 0 fully saturated rings. The number of rotatable bonds is 6. The second-order valence-corrected chi connectivity index (χ2v) is 5.05. The van der Waals surface area contributed by atoms with E-state index in [2.05, 4.69) is 10.5 Å². The first-order valence-electron chi connectivity index (χ1n) is 7.60. The van der Waals surface area contributed by atoms with Gasteiger partial charge in [-0.15, -0.1) is 0 Å². The molecule has 24 heavy (non-hydrogen) atoms. The lowest BCUT2D eigenvalue weighted by Crippen LogP contribution is -1.94. The number of anilines is 1. The highest BCUT2D eigenvalue weighted by molar-refractivity contribution is 5.84. The molecular weight excluding hydrogens is 300 g/mol. The SMILES string of the molecule is COc1ccc(Oc2ccccc2C=NNc2ccccc2)cc1. The summed E-state index contributed by atoms with van der Waals surface area (Å²) in [7, 11) is 1.64. The third kappa shape index (κ3) is 4.14. The average molecular weight is 318 g/mol. The fourth-order valence-corrected chi connectivity index (χ4v) is 2.14. The van der Waals surface area contributed by atoms with Crippen LogP contribution < -0.4 is 14.9 Å². The highest BCUT2D eigenvalue weighted by atomic mass is 16.5. The van der Waals surface area contributed by atoms with Crippen LogP contribution in [0.5, 0.6) is 17.2 Å². The van der Waals surface area contributed by atoms with Gasteiger partial charge < -0.3 is 9.47 Å². The Kier molecular flexibility index (Phi) is 5.10. The van der Waals surface area contributed by atoms with E-state index >= 15 is 0 Å². The van der Waals surface area contributed by atoms with Crippen molar-refractivity contribution in [3.05, 3.63) is 84.4 Å². The van der Waals surface area contributed by atoms with Crippen molar-refractivity contribution in [1.82, 2.24) is 0 Å². The van der Waals surface area contributed by atoms with Crippen LogP contribution in [0.25, 0.3) is 0 Å². The summed E-state index contributed by atoms with van der Waals surface area (Å²) in [5.74, 6) is 2.28. The molecule has 3 aromatic carbocycles. The third-order valence-electron chi connectivity index (χ3n) is 3.38. The molecule has 4 heteroatoms. The summed E-state index contributed by atoms with van der Waals surface area (Å²) in [6.07, 6.45) is 1.74. The van der Waals surface area contributed by atoms with E-state index in [1.807, 2.05) is 78.9 Å². The smallest absolute Gasteiger partial charge is 0.136 e. The zero-order valence-corrected chi connectivity index (χ0v) is 13.3. The quantitative estimate of drug-likeness (QED) is 0.517. The Morgan fingerprint density at radius 1 is 0.792 bits per heavy atom. The number of hydrogen-bond donors (Lipinski definition) is 1. The molecule has 0 aliphatic heterocycles. The van der Waals surface area contributed by atoms with E-state index in [4.69, 9.17) is 9.47 Å². The molecule has 120 valence electrons. The fraction of sp³-hybridized carbons (Fsp3) is 0.0500. The molecule has 1 N–H and O–H groups in total. The van der Waals surface area contributed by atoms with Crippen LogP contribution in [-0.4, -0.2) is 13.3 Å². The first-order chi connectivity index (χ1) is 11.8. The summed E-state index contributed by atoms with van der Waals surface area (Å²) in [6, 6.07) is 25.0. The molecular formula is C20H18N2O2. The summed E-state index contributed by atoms with van der Waals surface area (Å²) in [6.45, 7) is 0. The topological polar surface area (TPSA) is 42.9 Å². The molecule has 0 spiro atoms. The maximum atomic E-state index is 5.94. The summed E-state index contributed by atoms with van der Waals surface area (Å²) >= 11 is 0. The first kappa shape index (κ1) is 15.6. The maximum Gasteiger partial charge on any atom is 0.136 e. The molecule has 3 rings (SSSR count). The van der Waals surface area contributed by atoms with Crippen LogP contribution in [0, 0.1) is 0 Å². The number of nitrogens with zero attached hydrogens (tertiary/aromatic N) is 1. The Morgan fingerprint density at radius 3 is 2.21 bits per heavy atom. The molecule has 0 atom stereocenters. The van der Waals surface area contributed by atoms with E-state index < -0.39 is 0 Å². The van der Waals surface area contributed by atoms with Gasteiger partial charge in [-0.25, -0.2) is 0 Å². The van der Waals surface area contributed by atoms with Crippen LogP contribution in [0.1, 0.15) is 5.56 Å². The molecule has 0 saturated carbocycles. The van der Waals surface area contributed by atoms with E-state index in [1.54, 1.807) is 13.3 Å². The van der Waals surface area contributed by atoms with Gasteiger partial charge in [0, 0.05) is 5.56 Å². The van der Waals surface area contributed by atoms with Crippen LogP contribution in [0.15, 0.2) is 84.0 Å². The van der Waals surface area contributed by atoms with Gasteiger partial charge in [0.2, 0.25) is 0 Å². The van der Waals surface area contributed by atoms with Crippen molar-refractivity contribution in [3.8, 4) is 17.2 Å². The number of nitrogens with one attached hydrogen (secondary N) is 1. The number of benzene rings is 3. The van der Waals surface area contributed by atoms with Crippen LogP contribution in [0.3, 0.4) is 0 Å². The lowest BCUT2D eigenvalue weighted by molar-refractivity contribution is 0.413. The van der Waals surface area contributed by atoms with Gasteiger partial charge in [0.1, 0.15) is 17.2 Å². The monoisotopic (exact) mass is 318 g/mol. The molecule has 0 aromatic heterocycles. The average Bonchev–Trinajstić information content (AvgIpc) is 2.65. The highest BCUT2D eigenvalue weighted by Gasteiger charge is 2.03. The van der Waals surface area contributed by atoms with Crippen LogP contribution in [-0.2, 0) is 0 Å². The summed E-state index contributed by atoms with van der Waals surface area (Å²) in [4.78, 5) is 0. The minimum atomic E-state index is 0.737. The van der Waals surface area contributed by atoms with Crippen molar-refractivity contribution in [2.45, 2.75) is 0 Å². The predicted octanol–water partition coefficient (Wildman–Crippen LogP) is 4.93. The van der Waals surface area contributed by atoms with Gasteiger partial charge in [0.25, 0.3) is 0 Å². The lowest BCUT2D eigenvalue weighted by Gasteiger charge is -2.09. The van der Waals surface area contributed by atoms with E-state index in [0.29, 0.717) is 0 Å². The van der Waals surface area contributed by atoms with E-state index in [-0.39, 0.29) is 0 Å². The largest absolute Gasteiger partial charge is 0.497 e. The van der Waals surface area contributed by atoms with Crippen molar-refractivity contribution < 1.29 is 9.47 Å². The van der Waals surface area contributed by atoms with Gasteiger partial charge in [-0.1, -0.05) is 30.3 Å². The zero-order valence-electron chi connectivity index (χ0n) is 13.3. The Bertz CT molecular complexity index is 799. The number of para-hydroxylation sites is 2. The van der Waals surface area contributed by atoms with Gasteiger partial charge in [0.05, 0.1) is 19.0 Å². The lowest BCUT2D eigenvalue weighted by atomic mass is 10.2. The Hall–Kier alpha value is -3.27. The minimum Gasteiger partial charge on any atom is -0.497 e. The van der Waals surface area contributed by atoms with Gasteiger partial charge in [-0.3, -0.25) is 5.43 Å². The van der Waals surface area contributed by atoms with Crippen molar-refractivity contribution in [2.24, 2.45) is 5.10 Å². The number of ether oxygens (including phenoxy) is 2. The molecule has 0 unspecified atom stereocenters. The van der Waals surface area contributed by atoms with Gasteiger partial charge in [-0.05, 0) is 48.5 Å². The van der Waals surface area contributed by atoms with Crippen molar-refractivity contribution in [2.75, 3.05) is 12.5 Å². The van der Waals surface area contributed by atoms with Gasteiger partial charge in [-0.2, -0.15) is 5.10 Å². The normalized spacial score (nSPS) is 10.5. The molecule has 0 aliphatic rings. The molecule has 0 radical (unpaired) electrons. The number of hydrogen-bond acceptors (Lipinski definition) is 4. The molecule has 4 nitrogen and oxygen atoms in total. The van der Waals surface area contributed by atoms with Crippen LogP contribution in [0.2, 0.25) is 0 Å². The highest BCUT2D eigenvalue weighted by Crippen LogP contribution is 2.26. The maximum absolute atomic E-state index is 5.94. The molecule has 0 bridgehead atoms. The van der Waals surface area contributed by atoms with E-state index in [9.17, 15) is 0 Å². The molecule has 0 aliphatic carbocycles. The van der Waals surface area contributed by atoms with Gasteiger partial charge in [0.15, 0.2) is 0 Å². The zero-order chi connectivity index (χ0) is 16.6. The molecule has 0 amide bonds. The van der Waals surface area contributed by atoms with E-state index in [0.717, 1.165) is 28.5 Å². The second-order valence-electron chi connectivity index (χ2n) is 5.05. The molecule has 0 saturated heterocycles. The van der Waals surface area contributed by atoms with Crippen molar-refractivity contribution in [3.63, 3.8) is 0 Å². The Balaban J connectivity index is 1.72. The number of hydrazone groups is 1. The molecule has 3 aromatic rings. The second kappa shape index (κ2) is 7.83. The van der Waals surface area contributed by atoms with E-state index in [1.165, 1.54) is 0 Å². The third-order valence-corrected chi connectivity index (χ3v) is 3.38. The summed E-state index contributed by atoms with van der Waals surface area (Å²) in [5, 5.41) is 4.27.